The van der Waals surface area contributed by atoms with Crippen LogP contribution in [0.25, 0.3) is 0 Å². The molecule has 0 saturated heterocycles. The van der Waals surface area contributed by atoms with Gasteiger partial charge in [-0.25, -0.2) is 4.39 Å². The lowest BCUT2D eigenvalue weighted by Gasteiger charge is -2.62. The molecule has 4 fully saturated rings. The third kappa shape index (κ3) is 4.32. The van der Waals surface area contributed by atoms with Gasteiger partial charge in [-0.15, -0.1) is 0 Å². The van der Waals surface area contributed by atoms with E-state index in [9.17, 15) is 14.3 Å². The number of halogens is 1. The van der Waals surface area contributed by atoms with Gasteiger partial charge in [0.25, 0.3) is 0 Å². The Labute approximate surface area is 215 Å². The number of ether oxygens (including phenoxy) is 1. The van der Waals surface area contributed by atoms with Crippen molar-refractivity contribution in [2.45, 2.75) is 77.2 Å². The first-order valence-corrected chi connectivity index (χ1v) is 13.9. The zero-order valence-electron chi connectivity index (χ0n) is 22.1. The second-order valence-electron chi connectivity index (χ2n) is 12.9. The molecule has 6 heteroatoms. The van der Waals surface area contributed by atoms with Crippen LogP contribution >= 0.6 is 0 Å². The minimum absolute atomic E-state index is 0.0284. The van der Waals surface area contributed by atoms with E-state index in [2.05, 4.69) is 12.2 Å². The maximum absolute atomic E-state index is 13.5. The van der Waals surface area contributed by atoms with Gasteiger partial charge in [0, 0.05) is 24.8 Å². The largest absolute Gasteiger partial charge is 0.390 e. The minimum atomic E-state index is -0.556. The highest BCUT2D eigenvalue weighted by molar-refractivity contribution is 6.09. The SMILES string of the molecule is COC[C@]12CC[C@@](C)(O)C[C@@H]1CC[C@H]1[C@@H]3CC[C@H](C(=O)CN/C=C4/C=C(F)C=CC4=N)[C@@]3(C)CC[C@@H]12. The molecule has 0 bridgehead atoms. The Morgan fingerprint density at radius 3 is 2.75 bits per heavy atom. The van der Waals surface area contributed by atoms with Crippen LogP contribution < -0.4 is 5.32 Å². The number of carbonyl (C=O) groups is 1. The molecule has 0 aromatic heterocycles. The van der Waals surface area contributed by atoms with Crippen molar-refractivity contribution in [1.82, 2.24) is 5.32 Å². The van der Waals surface area contributed by atoms with Gasteiger partial charge in [0.2, 0.25) is 0 Å². The maximum Gasteiger partial charge on any atom is 0.155 e. The summed E-state index contributed by atoms with van der Waals surface area (Å²) < 4.78 is 19.4. The Morgan fingerprint density at radius 2 is 1.97 bits per heavy atom. The fourth-order valence-electron chi connectivity index (χ4n) is 9.35. The molecule has 36 heavy (non-hydrogen) atoms. The first kappa shape index (κ1) is 25.8. The maximum atomic E-state index is 13.5. The number of aliphatic hydroxyl groups is 1. The number of hydrogen-bond acceptors (Lipinski definition) is 5. The number of ketones is 1. The van der Waals surface area contributed by atoms with Crippen LogP contribution in [0.15, 0.2) is 35.8 Å². The zero-order valence-corrected chi connectivity index (χ0v) is 22.1. The molecule has 5 nitrogen and oxygen atoms in total. The molecule has 3 N–H and O–H groups in total. The van der Waals surface area contributed by atoms with Crippen LogP contribution in [0.2, 0.25) is 0 Å². The van der Waals surface area contributed by atoms with E-state index in [1.165, 1.54) is 24.6 Å². The summed E-state index contributed by atoms with van der Waals surface area (Å²) >= 11 is 0. The summed E-state index contributed by atoms with van der Waals surface area (Å²) in [5, 5.41) is 21.9. The number of Topliss-reactive ketones (excluding diaryl/α,β-unsaturated/α-hetero) is 1. The first-order chi connectivity index (χ1) is 17.1. The highest BCUT2D eigenvalue weighted by atomic mass is 19.1. The molecule has 5 aliphatic carbocycles. The third-order valence-electron chi connectivity index (χ3n) is 11.0. The van der Waals surface area contributed by atoms with Gasteiger partial charge in [-0.1, -0.05) is 6.92 Å². The van der Waals surface area contributed by atoms with Crippen molar-refractivity contribution in [3.63, 3.8) is 0 Å². The molecule has 4 saturated carbocycles. The topological polar surface area (TPSA) is 82.4 Å². The van der Waals surface area contributed by atoms with E-state index in [0.29, 0.717) is 29.2 Å². The van der Waals surface area contributed by atoms with Crippen molar-refractivity contribution in [3.8, 4) is 0 Å². The van der Waals surface area contributed by atoms with Crippen LogP contribution in [-0.4, -0.2) is 42.5 Å². The van der Waals surface area contributed by atoms with Crippen LogP contribution in [0.1, 0.15) is 71.6 Å². The number of nitrogens with one attached hydrogen (secondary N) is 2. The average Bonchev–Trinajstić information content (AvgIpc) is 3.19. The number of carbonyl (C=O) groups excluding carboxylic acids is 1. The van der Waals surface area contributed by atoms with Gasteiger partial charge in [0.1, 0.15) is 5.83 Å². The first-order valence-electron chi connectivity index (χ1n) is 13.9. The second kappa shape index (κ2) is 9.50. The zero-order chi connectivity index (χ0) is 25.7. The van der Waals surface area contributed by atoms with Gasteiger partial charge in [0.15, 0.2) is 5.78 Å². The summed E-state index contributed by atoms with van der Waals surface area (Å²) in [6.07, 6.45) is 15.1. The molecule has 0 aromatic rings. The van der Waals surface area contributed by atoms with Gasteiger partial charge in [-0.2, -0.15) is 0 Å². The number of rotatable bonds is 6. The van der Waals surface area contributed by atoms with Gasteiger partial charge < -0.3 is 20.6 Å². The molecule has 0 heterocycles. The second-order valence-corrected chi connectivity index (χ2v) is 12.9. The molecular formula is C30H43FN2O3. The Bertz CT molecular complexity index is 1000. The summed E-state index contributed by atoms with van der Waals surface area (Å²) in [6, 6.07) is 0. The van der Waals surface area contributed by atoms with Crippen LogP contribution in [0.3, 0.4) is 0 Å². The third-order valence-corrected chi connectivity index (χ3v) is 11.0. The number of fused-ring (bicyclic) bond motifs is 5. The highest BCUT2D eigenvalue weighted by Crippen LogP contribution is 2.68. The molecule has 0 unspecified atom stereocenters. The van der Waals surface area contributed by atoms with Crippen molar-refractivity contribution in [1.29, 1.82) is 5.41 Å². The van der Waals surface area contributed by atoms with Gasteiger partial charge >= 0.3 is 0 Å². The molecule has 5 aliphatic rings. The molecule has 0 aliphatic heterocycles. The summed E-state index contributed by atoms with van der Waals surface area (Å²) in [7, 11) is 1.83. The van der Waals surface area contributed by atoms with E-state index >= 15 is 0 Å². The summed E-state index contributed by atoms with van der Waals surface area (Å²) in [4.78, 5) is 13.4. The molecule has 0 radical (unpaired) electrons. The predicted octanol–water partition coefficient (Wildman–Crippen LogP) is 5.51. The molecular weight excluding hydrogens is 455 g/mol. The fourth-order valence-corrected chi connectivity index (χ4v) is 9.35. The summed E-state index contributed by atoms with van der Waals surface area (Å²) in [5.74, 6) is 2.25. The van der Waals surface area contributed by atoms with Gasteiger partial charge in [-0.3, -0.25) is 4.79 Å². The Kier molecular flexibility index (Phi) is 6.82. The Balaban J connectivity index is 1.29. The molecule has 0 spiro atoms. The smallest absolute Gasteiger partial charge is 0.155 e. The van der Waals surface area contributed by atoms with Gasteiger partial charge in [-0.05, 0) is 117 Å². The van der Waals surface area contributed by atoms with Crippen molar-refractivity contribution < 1.29 is 19.0 Å². The lowest BCUT2D eigenvalue weighted by molar-refractivity contribution is -0.175. The van der Waals surface area contributed by atoms with E-state index < -0.39 is 5.60 Å². The van der Waals surface area contributed by atoms with E-state index in [-0.39, 0.29) is 40.6 Å². The molecule has 5 rings (SSSR count). The quantitative estimate of drug-likeness (QED) is 0.451. The normalized spacial score (nSPS) is 45.0. The summed E-state index contributed by atoms with van der Waals surface area (Å²) in [5.41, 5.74) is 0.344. The fraction of sp³-hybridized carbons (Fsp3) is 0.733. The monoisotopic (exact) mass is 498 g/mol. The molecule has 198 valence electrons. The number of allylic oxidation sites excluding steroid dienone is 5. The van der Waals surface area contributed by atoms with Crippen molar-refractivity contribution in [2.24, 2.45) is 40.4 Å². The summed E-state index contributed by atoms with van der Waals surface area (Å²) in [6.45, 7) is 5.38. The van der Waals surface area contributed by atoms with Crippen molar-refractivity contribution in [2.75, 3.05) is 20.3 Å². The van der Waals surface area contributed by atoms with Crippen LogP contribution in [0.4, 0.5) is 4.39 Å². The van der Waals surface area contributed by atoms with Crippen LogP contribution in [-0.2, 0) is 9.53 Å². The van der Waals surface area contributed by atoms with Gasteiger partial charge in [0.05, 0.1) is 24.5 Å². The number of hydrogen-bond donors (Lipinski definition) is 3. The Morgan fingerprint density at radius 1 is 1.17 bits per heavy atom. The molecule has 0 aromatic carbocycles. The molecule has 0 amide bonds. The lowest BCUT2D eigenvalue weighted by atomic mass is 9.43. The van der Waals surface area contributed by atoms with E-state index in [4.69, 9.17) is 10.1 Å². The molecule has 8 atom stereocenters. The van der Waals surface area contributed by atoms with E-state index in [1.54, 1.807) is 6.20 Å². The Hall–Kier alpha value is -1.79. The average molecular weight is 499 g/mol. The van der Waals surface area contributed by atoms with Crippen molar-refractivity contribution in [3.05, 3.63) is 35.8 Å². The number of methoxy groups -OCH3 is 1. The van der Waals surface area contributed by atoms with Crippen LogP contribution in [0.5, 0.6) is 0 Å². The van der Waals surface area contributed by atoms with E-state index in [1.807, 2.05) is 14.0 Å². The highest BCUT2D eigenvalue weighted by Gasteiger charge is 2.63. The lowest BCUT2D eigenvalue weighted by Crippen LogP contribution is -2.58. The standard InChI is InChI=1S/C30H43FN2O3/c1-28(35)12-13-30(18-36-3)20(15-28)4-6-22-23-7-8-25(29(23,2)11-10-24(22)30)27(34)17-33-16-19-14-21(31)5-9-26(19)32/h5,9,14,16,20,22-25,32-33,35H,4,6-8,10-13,15,17-18H2,1-3H3/b19-16-,32-26?/t20-,22-,23-,24-,25+,28+,29-,30+/m0/s1. The minimum Gasteiger partial charge on any atom is -0.390 e. The van der Waals surface area contributed by atoms with Crippen LogP contribution in [0, 0.1) is 45.8 Å². The van der Waals surface area contributed by atoms with E-state index in [0.717, 1.165) is 58.0 Å². The van der Waals surface area contributed by atoms with Crippen molar-refractivity contribution >= 4 is 11.5 Å². The predicted molar refractivity (Wildman–Crippen MR) is 139 cm³/mol.